The molecule has 4 rings (SSSR count). The van der Waals surface area contributed by atoms with Crippen LogP contribution in [-0.4, -0.2) is 31.2 Å². The Hall–Kier alpha value is -0.750. The zero-order valence-electron chi connectivity index (χ0n) is 11.8. The van der Waals surface area contributed by atoms with Gasteiger partial charge in [0.15, 0.2) is 5.78 Å². The van der Waals surface area contributed by atoms with E-state index >= 15 is 0 Å². The quantitative estimate of drug-likeness (QED) is 0.780. The van der Waals surface area contributed by atoms with E-state index in [0.29, 0.717) is 12.4 Å². The molecule has 1 spiro atoms. The van der Waals surface area contributed by atoms with Crippen molar-refractivity contribution in [3.63, 3.8) is 0 Å². The zero-order chi connectivity index (χ0) is 14.3. The second-order valence-electron chi connectivity index (χ2n) is 5.96. The van der Waals surface area contributed by atoms with Gasteiger partial charge in [-0.15, -0.1) is 22.7 Å². The average molecular weight is 322 g/mol. The smallest absolute Gasteiger partial charge is 0.176 e. The molecule has 0 aliphatic carbocycles. The molecule has 0 radical (unpaired) electrons. The van der Waals surface area contributed by atoms with Gasteiger partial charge in [0.25, 0.3) is 0 Å². The van der Waals surface area contributed by atoms with Crippen molar-refractivity contribution >= 4 is 37.9 Å². The predicted octanol–water partition coefficient (Wildman–Crippen LogP) is 4.12. The van der Waals surface area contributed by atoms with Crippen molar-refractivity contribution in [1.82, 2.24) is 0 Å². The van der Waals surface area contributed by atoms with Crippen LogP contribution in [0.4, 0.5) is 0 Å². The Morgan fingerprint density at radius 2 is 2.10 bits per heavy atom. The first-order chi connectivity index (χ1) is 10.3. The highest BCUT2D eigenvalue weighted by molar-refractivity contribution is 7.27. The minimum Gasteiger partial charge on any atom is -0.381 e. The summed E-state index contributed by atoms with van der Waals surface area (Å²) < 4.78 is 14.0. The molecule has 21 heavy (non-hydrogen) atoms. The molecular formula is C16H18O3S2. The maximum absolute atomic E-state index is 12.8. The number of hydrogen-bond donors (Lipinski definition) is 0. The van der Waals surface area contributed by atoms with E-state index in [0.717, 1.165) is 43.8 Å². The van der Waals surface area contributed by atoms with Crippen LogP contribution in [0, 0.1) is 5.92 Å². The minimum absolute atomic E-state index is 0.106. The third kappa shape index (κ3) is 2.57. The van der Waals surface area contributed by atoms with E-state index in [-0.39, 0.29) is 11.5 Å². The second kappa shape index (κ2) is 5.47. The molecule has 2 aliphatic heterocycles. The van der Waals surface area contributed by atoms with Gasteiger partial charge >= 0.3 is 0 Å². The molecule has 1 atom stereocenters. The Morgan fingerprint density at radius 3 is 2.90 bits per heavy atom. The molecule has 3 nitrogen and oxygen atoms in total. The lowest BCUT2D eigenvalue weighted by atomic mass is 9.79. The monoisotopic (exact) mass is 322 g/mol. The second-order valence-corrected chi connectivity index (χ2v) is 7.99. The summed E-state index contributed by atoms with van der Waals surface area (Å²) in [5, 5.41) is 2.08. The summed E-state index contributed by atoms with van der Waals surface area (Å²) in [5.41, 5.74) is -0.106. The lowest BCUT2D eigenvalue weighted by Gasteiger charge is -2.42. The van der Waals surface area contributed by atoms with Gasteiger partial charge in [-0.3, -0.25) is 4.79 Å². The van der Waals surface area contributed by atoms with E-state index in [1.165, 1.54) is 9.40 Å². The van der Waals surface area contributed by atoms with Gasteiger partial charge in [-0.1, -0.05) is 0 Å². The summed E-state index contributed by atoms with van der Waals surface area (Å²) in [6.07, 6.45) is 3.57. The molecule has 2 fully saturated rings. The Morgan fingerprint density at radius 1 is 1.24 bits per heavy atom. The Kier molecular flexibility index (Phi) is 3.61. The average Bonchev–Trinajstić information content (AvgIpc) is 3.08. The number of Topliss-reactive ketones (excluding diaryl/α,β-unsaturated/α-hetero) is 1. The lowest BCUT2D eigenvalue weighted by molar-refractivity contribution is -0.142. The van der Waals surface area contributed by atoms with Crippen molar-refractivity contribution in [2.75, 3.05) is 19.8 Å². The Bertz CT molecular complexity index is 617. The van der Waals surface area contributed by atoms with Crippen LogP contribution in [0.1, 0.15) is 35.4 Å². The highest BCUT2D eigenvalue weighted by Gasteiger charge is 2.41. The fourth-order valence-corrected chi connectivity index (χ4v) is 5.56. The third-order valence-electron chi connectivity index (χ3n) is 4.65. The first-order valence-electron chi connectivity index (χ1n) is 7.49. The summed E-state index contributed by atoms with van der Waals surface area (Å²) in [6.45, 7) is 2.22. The number of thiophene rings is 2. The fourth-order valence-electron chi connectivity index (χ4n) is 3.43. The van der Waals surface area contributed by atoms with E-state index in [1.54, 1.807) is 22.7 Å². The molecule has 1 unspecified atom stereocenters. The van der Waals surface area contributed by atoms with Crippen LogP contribution in [0.15, 0.2) is 17.5 Å². The fraction of sp³-hybridized carbons (Fsp3) is 0.562. The molecule has 0 bridgehead atoms. The van der Waals surface area contributed by atoms with Gasteiger partial charge in [-0.25, -0.2) is 0 Å². The molecule has 2 saturated heterocycles. The largest absolute Gasteiger partial charge is 0.381 e. The van der Waals surface area contributed by atoms with Gasteiger partial charge in [-0.2, -0.15) is 0 Å². The minimum atomic E-state index is -0.106. The zero-order valence-corrected chi connectivity index (χ0v) is 13.4. The van der Waals surface area contributed by atoms with Gasteiger partial charge in [0.05, 0.1) is 10.5 Å². The topological polar surface area (TPSA) is 35.5 Å². The molecule has 0 N–H and O–H groups in total. The first-order valence-corrected chi connectivity index (χ1v) is 9.18. The van der Waals surface area contributed by atoms with Crippen LogP contribution in [0.2, 0.25) is 0 Å². The summed E-state index contributed by atoms with van der Waals surface area (Å²) in [5.74, 6) is 0.433. The maximum Gasteiger partial charge on any atom is 0.176 e. The van der Waals surface area contributed by atoms with Gasteiger partial charge < -0.3 is 9.47 Å². The number of carbonyl (C=O) groups excluding carboxylic acids is 1. The molecular weight excluding hydrogens is 304 g/mol. The number of ketones is 1. The van der Waals surface area contributed by atoms with Crippen LogP contribution >= 0.6 is 22.7 Å². The molecule has 5 heteroatoms. The Balaban J connectivity index is 1.54. The summed E-state index contributed by atoms with van der Waals surface area (Å²) in [7, 11) is 0. The molecule has 0 aromatic carbocycles. The van der Waals surface area contributed by atoms with Crippen LogP contribution in [0.5, 0.6) is 0 Å². The van der Waals surface area contributed by atoms with Crippen molar-refractivity contribution in [2.45, 2.75) is 31.3 Å². The number of rotatable bonds is 2. The van der Waals surface area contributed by atoms with Crippen LogP contribution in [0.3, 0.4) is 0 Å². The standard InChI is InChI=1S/C16H18O3S2/c17-15(14-9-13-12(21-14)2-8-20-13)11-1-5-19-16(10-11)3-6-18-7-4-16/h2,8-9,11H,1,3-7,10H2. The number of ether oxygens (including phenoxy) is 2. The van der Waals surface area contributed by atoms with E-state index in [9.17, 15) is 4.79 Å². The normalized spacial score (nSPS) is 25.4. The van der Waals surface area contributed by atoms with E-state index in [1.807, 2.05) is 0 Å². The molecule has 0 amide bonds. The number of hydrogen-bond acceptors (Lipinski definition) is 5. The number of fused-ring (bicyclic) bond motifs is 1. The molecule has 2 aromatic heterocycles. The van der Waals surface area contributed by atoms with Crippen LogP contribution in [-0.2, 0) is 9.47 Å². The van der Waals surface area contributed by atoms with E-state index < -0.39 is 0 Å². The maximum atomic E-state index is 12.8. The van der Waals surface area contributed by atoms with Crippen LogP contribution in [0.25, 0.3) is 9.40 Å². The summed E-state index contributed by atoms with van der Waals surface area (Å²) in [4.78, 5) is 13.7. The van der Waals surface area contributed by atoms with Gasteiger partial charge in [0, 0.05) is 35.1 Å². The summed E-state index contributed by atoms with van der Waals surface area (Å²) >= 11 is 3.35. The predicted molar refractivity (Wildman–Crippen MR) is 85.5 cm³/mol. The third-order valence-corrected chi connectivity index (χ3v) is 6.76. The number of carbonyl (C=O) groups is 1. The van der Waals surface area contributed by atoms with Gasteiger partial charge in [0.1, 0.15) is 0 Å². The SMILES string of the molecule is O=C(c1cc2sccc2s1)C1CCOC2(CCOCC2)C1. The van der Waals surface area contributed by atoms with Crippen molar-refractivity contribution < 1.29 is 14.3 Å². The van der Waals surface area contributed by atoms with E-state index in [2.05, 4.69) is 17.5 Å². The van der Waals surface area contributed by atoms with Gasteiger partial charge in [-0.05, 0) is 43.2 Å². The Labute approximate surface area is 131 Å². The molecule has 0 saturated carbocycles. The first kappa shape index (κ1) is 13.9. The lowest BCUT2D eigenvalue weighted by Crippen LogP contribution is -2.45. The van der Waals surface area contributed by atoms with E-state index in [4.69, 9.17) is 9.47 Å². The molecule has 4 heterocycles. The molecule has 2 aliphatic rings. The van der Waals surface area contributed by atoms with Crippen molar-refractivity contribution in [3.05, 3.63) is 22.4 Å². The highest BCUT2D eigenvalue weighted by atomic mass is 32.1. The van der Waals surface area contributed by atoms with Crippen molar-refractivity contribution in [2.24, 2.45) is 5.92 Å². The van der Waals surface area contributed by atoms with Crippen LogP contribution < -0.4 is 0 Å². The van der Waals surface area contributed by atoms with Crippen molar-refractivity contribution in [1.29, 1.82) is 0 Å². The molecule has 2 aromatic rings. The van der Waals surface area contributed by atoms with Gasteiger partial charge in [0.2, 0.25) is 0 Å². The van der Waals surface area contributed by atoms with Crippen molar-refractivity contribution in [3.8, 4) is 0 Å². The highest BCUT2D eigenvalue weighted by Crippen LogP contribution is 2.40. The summed E-state index contributed by atoms with van der Waals surface area (Å²) in [6, 6.07) is 4.17. The molecule has 112 valence electrons.